The average molecular weight is 238 g/mol. The largest absolute Gasteiger partial charge is 0.312 e. The van der Waals surface area contributed by atoms with Gasteiger partial charge < -0.3 is 5.32 Å². The van der Waals surface area contributed by atoms with E-state index in [4.69, 9.17) is 0 Å². The lowest BCUT2D eigenvalue weighted by Crippen LogP contribution is -2.46. The fourth-order valence-electron chi connectivity index (χ4n) is 3.12. The Labute approximate surface area is 107 Å². The van der Waals surface area contributed by atoms with Gasteiger partial charge in [-0.15, -0.1) is 0 Å². The van der Waals surface area contributed by atoms with Gasteiger partial charge in [0.1, 0.15) is 0 Å². The molecule has 0 aromatic rings. The first-order valence-corrected chi connectivity index (χ1v) is 7.46. The molecule has 2 aliphatic rings. The van der Waals surface area contributed by atoms with Crippen LogP contribution in [-0.4, -0.2) is 36.6 Å². The maximum atomic E-state index is 3.85. The molecule has 0 aromatic heterocycles. The third-order valence-corrected chi connectivity index (χ3v) is 5.02. The Bertz CT molecular complexity index is 244. The van der Waals surface area contributed by atoms with Gasteiger partial charge in [-0.25, -0.2) is 0 Å². The molecule has 0 aromatic carbocycles. The van der Waals surface area contributed by atoms with Gasteiger partial charge in [0, 0.05) is 18.6 Å². The van der Waals surface area contributed by atoms with Gasteiger partial charge in [0.2, 0.25) is 0 Å². The molecular weight excluding hydrogens is 208 g/mol. The average Bonchev–Trinajstić information content (AvgIpc) is 2.68. The van der Waals surface area contributed by atoms with Crippen LogP contribution in [0.15, 0.2) is 0 Å². The smallest absolute Gasteiger partial charge is 0.0249 e. The summed E-state index contributed by atoms with van der Waals surface area (Å²) in [6.45, 7) is 13.3. The van der Waals surface area contributed by atoms with Crippen LogP contribution in [0.3, 0.4) is 0 Å². The van der Waals surface area contributed by atoms with E-state index in [0.717, 1.165) is 18.0 Å². The van der Waals surface area contributed by atoms with Crippen LogP contribution in [0.1, 0.15) is 53.4 Å². The molecule has 2 nitrogen and oxygen atoms in total. The van der Waals surface area contributed by atoms with Crippen LogP contribution >= 0.6 is 0 Å². The first-order chi connectivity index (χ1) is 7.98. The van der Waals surface area contributed by atoms with Crippen molar-refractivity contribution in [3.8, 4) is 0 Å². The zero-order valence-electron chi connectivity index (χ0n) is 12.1. The topological polar surface area (TPSA) is 15.3 Å². The molecule has 2 heterocycles. The zero-order valence-corrected chi connectivity index (χ0v) is 12.1. The van der Waals surface area contributed by atoms with E-state index in [0.29, 0.717) is 5.41 Å². The Balaban J connectivity index is 1.80. The Morgan fingerprint density at radius 3 is 2.65 bits per heavy atom. The standard InChI is InChI=1S/C15H30N2/c1-12(15(2,3)4)11-16-13-8-10-17-9-6-5-7-14(13)17/h12-14,16H,5-11H2,1-4H3. The SMILES string of the molecule is CC(CNC1CCN2CCCCC12)C(C)(C)C. The third kappa shape index (κ3) is 3.23. The van der Waals surface area contributed by atoms with Crippen molar-refractivity contribution in [2.75, 3.05) is 19.6 Å². The fraction of sp³-hybridized carbons (Fsp3) is 1.00. The summed E-state index contributed by atoms with van der Waals surface area (Å²) in [5.74, 6) is 0.750. The van der Waals surface area contributed by atoms with Crippen LogP contribution in [0.5, 0.6) is 0 Å². The van der Waals surface area contributed by atoms with E-state index in [2.05, 4.69) is 37.9 Å². The normalized spacial score (nSPS) is 32.5. The summed E-state index contributed by atoms with van der Waals surface area (Å²) < 4.78 is 0. The highest BCUT2D eigenvalue weighted by atomic mass is 15.2. The molecule has 0 aliphatic carbocycles. The zero-order chi connectivity index (χ0) is 12.5. The molecular formula is C15H30N2. The van der Waals surface area contributed by atoms with Crippen LogP contribution in [0, 0.1) is 11.3 Å². The quantitative estimate of drug-likeness (QED) is 0.813. The molecule has 2 heteroatoms. The minimum absolute atomic E-state index is 0.428. The molecule has 2 saturated heterocycles. The monoisotopic (exact) mass is 238 g/mol. The van der Waals surface area contributed by atoms with Gasteiger partial charge in [0.15, 0.2) is 0 Å². The van der Waals surface area contributed by atoms with Gasteiger partial charge in [0.25, 0.3) is 0 Å². The number of piperidine rings is 1. The predicted octanol–water partition coefficient (Wildman–Crippen LogP) is 2.89. The van der Waals surface area contributed by atoms with Gasteiger partial charge in [-0.2, -0.15) is 0 Å². The van der Waals surface area contributed by atoms with Crippen molar-refractivity contribution in [1.82, 2.24) is 10.2 Å². The molecule has 100 valence electrons. The van der Waals surface area contributed by atoms with E-state index in [9.17, 15) is 0 Å². The minimum atomic E-state index is 0.428. The van der Waals surface area contributed by atoms with Crippen LogP contribution < -0.4 is 5.32 Å². The second-order valence-corrected chi connectivity index (χ2v) is 7.17. The van der Waals surface area contributed by atoms with Gasteiger partial charge in [-0.05, 0) is 43.7 Å². The number of nitrogens with zero attached hydrogens (tertiary/aromatic N) is 1. The minimum Gasteiger partial charge on any atom is -0.312 e. The Morgan fingerprint density at radius 2 is 1.94 bits per heavy atom. The van der Waals surface area contributed by atoms with Crippen molar-refractivity contribution in [1.29, 1.82) is 0 Å². The number of nitrogens with one attached hydrogen (secondary N) is 1. The number of fused-ring (bicyclic) bond motifs is 1. The summed E-state index contributed by atoms with van der Waals surface area (Å²) in [5, 5.41) is 3.85. The van der Waals surface area contributed by atoms with Gasteiger partial charge in [-0.1, -0.05) is 34.1 Å². The van der Waals surface area contributed by atoms with Crippen molar-refractivity contribution in [2.24, 2.45) is 11.3 Å². The molecule has 2 rings (SSSR count). The van der Waals surface area contributed by atoms with Crippen LogP contribution in [0.4, 0.5) is 0 Å². The maximum absolute atomic E-state index is 3.85. The van der Waals surface area contributed by atoms with E-state index in [1.54, 1.807) is 0 Å². The van der Waals surface area contributed by atoms with Crippen molar-refractivity contribution in [2.45, 2.75) is 65.5 Å². The Kier molecular flexibility index (Phi) is 4.14. The number of hydrogen-bond acceptors (Lipinski definition) is 2. The molecule has 0 bridgehead atoms. The third-order valence-electron chi connectivity index (χ3n) is 5.02. The molecule has 0 saturated carbocycles. The summed E-state index contributed by atoms with van der Waals surface area (Å²) in [4.78, 5) is 2.71. The molecule has 17 heavy (non-hydrogen) atoms. The molecule has 3 atom stereocenters. The van der Waals surface area contributed by atoms with Crippen molar-refractivity contribution in [3.63, 3.8) is 0 Å². The fourth-order valence-corrected chi connectivity index (χ4v) is 3.12. The van der Waals surface area contributed by atoms with E-state index in [1.165, 1.54) is 45.3 Å². The van der Waals surface area contributed by atoms with E-state index >= 15 is 0 Å². The van der Waals surface area contributed by atoms with Crippen LogP contribution in [0.25, 0.3) is 0 Å². The van der Waals surface area contributed by atoms with Gasteiger partial charge in [-0.3, -0.25) is 4.90 Å². The van der Waals surface area contributed by atoms with Gasteiger partial charge >= 0.3 is 0 Å². The van der Waals surface area contributed by atoms with E-state index in [-0.39, 0.29) is 0 Å². The highest BCUT2D eigenvalue weighted by Gasteiger charge is 2.35. The lowest BCUT2D eigenvalue weighted by Gasteiger charge is -2.34. The Hall–Kier alpha value is -0.0800. The van der Waals surface area contributed by atoms with Crippen molar-refractivity contribution in [3.05, 3.63) is 0 Å². The molecule has 2 aliphatic heterocycles. The second kappa shape index (κ2) is 5.27. The first kappa shape index (κ1) is 13.4. The highest BCUT2D eigenvalue weighted by Crippen LogP contribution is 2.29. The lowest BCUT2D eigenvalue weighted by atomic mass is 9.82. The van der Waals surface area contributed by atoms with Crippen LogP contribution in [-0.2, 0) is 0 Å². The lowest BCUT2D eigenvalue weighted by molar-refractivity contribution is 0.172. The van der Waals surface area contributed by atoms with E-state index < -0.39 is 0 Å². The maximum Gasteiger partial charge on any atom is 0.0249 e. The first-order valence-electron chi connectivity index (χ1n) is 7.46. The summed E-state index contributed by atoms with van der Waals surface area (Å²) in [7, 11) is 0. The van der Waals surface area contributed by atoms with Crippen molar-refractivity contribution >= 4 is 0 Å². The Morgan fingerprint density at radius 1 is 1.18 bits per heavy atom. The summed E-state index contributed by atoms with van der Waals surface area (Å²) in [6, 6.07) is 1.61. The molecule has 0 spiro atoms. The molecule has 2 fully saturated rings. The van der Waals surface area contributed by atoms with Crippen molar-refractivity contribution < 1.29 is 0 Å². The summed E-state index contributed by atoms with van der Waals surface area (Å²) >= 11 is 0. The highest BCUT2D eigenvalue weighted by molar-refractivity contribution is 4.94. The predicted molar refractivity (Wildman–Crippen MR) is 74.2 cm³/mol. The van der Waals surface area contributed by atoms with Crippen LogP contribution in [0.2, 0.25) is 0 Å². The summed E-state index contributed by atoms with van der Waals surface area (Å²) in [5.41, 5.74) is 0.428. The van der Waals surface area contributed by atoms with Gasteiger partial charge in [0.05, 0.1) is 0 Å². The van der Waals surface area contributed by atoms with E-state index in [1.807, 2.05) is 0 Å². The molecule has 0 radical (unpaired) electrons. The number of rotatable bonds is 3. The second-order valence-electron chi connectivity index (χ2n) is 7.17. The molecule has 0 amide bonds. The molecule has 3 unspecified atom stereocenters. The number of hydrogen-bond donors (Lipinski definition) is 1. The molecule has 1 N–H and O–H groups in total. The summed E-state index contributed by atoms with van der Waals surface area (Å²) in [6.07, 6.45) is 5.64.